The summed E-state index contributed by atoms with van der Waals surface area (Å²) in [6.45, 7) is 8.10. The second-order valence-electron chi connectivity index (χ2n) is 12.3. The first-order chi connectivity index (χ1) is 24.7. The Balaban J connectivity index is 1.13. The number of aromatic nitrogens is 2. The number of nitriles is 2. The standard InChI is InChI=1S/C45H25N5/c1-48-39-12-7-11-35(45(39)50-40-13-4-2-9-36(40)38-26-29(27-46)16-25-42(38)50)32-19-17-30(18-20-32)31-21-23-34(24-22-31)49-41-14-5-3-10-37(41)44-33(28-47)8-6-15-43(44)49/h2-26H. The van der Waals surface area contributed by atoms with Crippen molar-refractivity contribution in [1.82, 2.24) is 9.13 Å². The fourth-order valence-electron chi connectivity index (χ4n) is 7.41. The van der Waals surface area contributed by atoms with Gasteiger partial charge in [0.2, 0.25) is 5.69 Å². The maximum Gasteiger partial charge on any atom is 0.211 e. The van der Waals surface area contributed by atoms with E-state index < -0.39 is 0 Å². The van der Waals surface area contributed by atoms with Crippen molar-refractivity contribution < 1.29 is 0 Å². The van der Waals surface area contributed by atoms with E-state index in [4.69, 9.17) is 6.57 Å². The molecule has 230 valence electrons. The number of nitrogens with zero attached hydrogens (tertiary/aromatic N) is 5. The van der Waals surface area contributed by atoms with Crippen molar-refractivity contribution in [2.45, 2.75) is 0 Å². The molecule has 50 heavy (non-hydrogen) atoms. The lowest BCUT2D eigenvalue weighted by Gasteiger charge is -2.16. The van der Waals surface area contributed by atoms with Crippen LogP contribution in [0.15, 0.2) is 152 Å². The van der Waals surface area contributed by atoms with Crippen LogP contribution in [-0.4, -0.2) is 9.13 Å². The molecule has 0 aliphatic carbocycles. The van der Waals surface area contributed by atoms with Crippen LogP contribution in [0, 0.1) is 29.2 Å². The summed E-state index contributed by atoms with van der Waals surface area (Å²) in [6, 6.07) is 55.6. The predicted octanol–water partition coefficient (Wildman–Crippen LogP) is 11.5. The van der Waals surface area contributed by atoms with E-state index in [1.54, 1.807) is 0 Å². The molecule has 0 amide bonds. The number of rotatable bonds is 4. The molecule has 0 spiro atoms. The van der Waals surface area contributed by atoms with Crippen LogP contribution in [0.4, 0.5) is 5.69 Å². The molecule has 0 atom stereocenters. The van der Waals surface area contributed by atoms with Crippen LogP contribution >= 0.6 is 0 Å². The summed E-state index contributed by atoms with van der Waals surface area (Å²) in [6.07, 6.45) is 0. The third-order valence-corrected chi connectivity index (χ3v) is 9.63. The van der Waals surface area contributed by atoms with Crippen LogP contribution in [0.25, 0.3) is 82.1 Å². The zero-order valence-corrected chi connectivity index (χ0v) is 26.7. The van der Waals surface area contributed by atoms with Crippen molar-refractivity contribution in [2.75, 3.05) is 0 Å². The monoisotopic (exact) mass is 635 g/mol. The molecule has 0 saturated heterocycles. The summed E-state index contributed by atoms with van der Waals surface area (Å²) in [4.78, 5) is 3.96. The third kappa shape index (κ3) is 4.31. The summed E-state index contributed by atoms with van der Waals surface area (Å²) in [5.74, 6) is 0. The van der Waals surface area contributed by atoms with E-state index >= 15 is 0 Å². The Bertz CT molecular complexity index is 2940. The smallest absolute Gasteiger partial charge is 0.211 e. The van der Waals surface area contributed by atoms with Gasteiger partial charge in [-0.15, -0.1) is 0 Å². The Kier molecular flexibility index (Phi) is 6.56. The van der Waals surface area contributed by atoms with E-state index in [2.05, 4.69) is 111 Å². The molecule has 7 aromatic carbocycles. The molecule has 0 saturated carbocycles. The minimum absolute atomic E-state index is 0.557. The van der Waals surface area contributed by atoms with Gasteiger partial charge in [0.25, 0.3) is 0 Å². The normalized spacial score (nSPS) is 11.1. The number of hydrogen-bond donors (Lipinski definition) is 0. The largest absolute Gasteiger partial charge is 0.318 e. The lowest BCUT2D eigenvalue weighted by molar-refractivity contribution is 1.18. The Morgan fingerprint density at radius 2 is 1.12 bits per heavy atom. The third-order valence-electron chi connectivity index (χ3n) is 9.63. The van der Waals surface area contributed by atoms with E-state index in [0.29, 0.717) is 16.8 Å². The number of para-hydroxylation sites is 3. The molecule has 0 aliphatic heterocycles. The van der Waals surface area contributed by atoms with Crippen LogP contribution in [0.3, 0.4) is 0 Å². The van der Waals surface area contributed by atoms with Gasteiger partial charge in [-0.3, -0.25) is 0 Å². The van der Waals surface area contributed by atoms with Gasteiger partial charge in [-0.1, -0.05) is 97.1 Å². The molecule has 5 nitrogen and oxygen atoms in total. The van der Waals surface area contributed by atoms with Crippen LogP contribution in [0.1, 0.15) is 11.1 Å². The van der Waals surface area contributed by atoms with Gasteiger partial charge < -0.3 is 9.13 Å². The molecule has 0 aliphatic rings. The average Bonchev–Trinajstić information content (AvgIpc) is 3.70. The number of benzene rings is 7. The number of fused-ring (bicyclic) bond motifs is 6. The van der Waals surface area contributed by atoms with Crippen LogP contribution in [0.2, 0.25) is 0 Å². The second kappa shape index (κ2) is 11.4. The van der Waals surface area contributed by atoms with Crippen LogP contribution in [0.5, 0.6) is 0 Å². The Hall–Kier alpha value is -7.39. The van der Waals surface area contributed by atoms with E-state index in [0.717, 1.165) is 77.2 Å². The maximum atomic E-state index is 9.84. The molecule has 0 N–H and O–H groups in total. The first kappa shape index (κ1) is 28.8. The summed E-state index contributed by atoms with van der Waals surface area (Å²) < 4.78 is 4.38. The second-order valence-corrected chi connectivity index (χ2v) is 12.3. The highest BCUT2D eigenvalue weighted by atomic mass is 15.0. The highest BCUT2D eigenvalue weighted by Gasteiger charge is 2.19. The fourth-order valence-corrected chi connectivity index (χ4v) is 7.41. The van der Waals surface area contributed by atoms with Crippen molar-refractivity contribution in [3.05, 3.63) is 174 Å². The molecule has 0 fully saturated rings. The molecule has 2 heterocycles. The zero-order valence-electron chi connectivity index (χ0n) is 26.7. The van der Waals surface area contributed by atoms with E-state index in [9.17, 15) is 10.5 Å². The molecule has 0 unspecified atom stereocenters. The van der Waals surface area contributed by atoms with E-state index in [1.165, 1.54) is 0 Å². The molecule has 2 aromatic heterocycles. The lowest BCUT2D eigenvalue weighted by atomic mass is 9.98. The summed E-state index contributed by atoms with van der Waals surface area (Å²) in [5.41, 5.74) is 11.8. The lowest BCUT2D eigenvalue weighted by Crippen LogP contribution is -1.98. The Morgan fingerprint density at radius 3 is 1.84 bits per heavy atom. The van der Waals surface area contributed by atoms with Gasteiger partial charge in [0.05, 0.1) is 57.6 Å². The van der Waals surface area contributed by atoms with Gasteiger partial charge in [0.1, 0.15) is 0 Å². The first-order valence-electron chi connectivity index (χ1n) is 16.3. The molecular weight excluding hydrogens is 611 g/mol. The van der Waals surface area contributed by atoms with Gasteiger partial charge in [0, 0.05) is 27.2 Å². The van der Waals surface area contributed by atoms with Gasteiger partial charge in [-0.2, -0.15) is 10.5 Å². The number of hydrogen-bond acceptors (Lipinski definition) is 2. The minimum atomic E-state index is 0.557. The quantitative estimate of drug-likeness (QED) is 0.181. The van der Waals surface area contributed by atoms with E-state index in [1.807, 2.05) is 66.7 Å². The van der Waals surface area contributed by atoms with E-state index in [-0.39, 0.29) is 0 Å². The highest BCUT2D eigenvalue weighted by Crippen LogP contribution is 2.41. The van der Waals surface area contributed by atoms with Gasteiger partial charge in [-0.05, 0) is 76.9 Å². The zero-order chi connectivity index (χ0) is 33.8. The summed E-state index contributed by atoms with van der Waals surface area (Å²) in [7, 11) is 0. The average molecular weight is 636 g/mol. The van der Waals surface area contributed by atoms with Crippen LogP contribution < -0.4 is 0 Å². The predicted molar refractivity (Wildman–Crippen MR) is 202 cm³/mol. The molecule has 9 rings (SSSR count). The summed E-state index contributed by atoms with van der Waals surface area (Å²) in [5, 5.41) is 23.5. The van der Waals surface area contributed by atoms with Crippen LogP contribution in [-0.2, 0) is 0 Å². The van der Waals surface area contributed by atoms with Gasteiger partial charge >= 0.3 is 0 Å². The first-order valence-corrected chi connectivity index (χ1v) is 16.3. The van der Waals surface area contributed by atoms with Crippen molar-refractivity contribution in [3.63, 3.8) is 0 Å². The van der Waals surface area contributed by atoms with Crippen molar-refractivity contribution in [1.29, 1.82) is 10.5 Å². The highest BCUT2D eigenvalue weighted by molar-refractivity contribution is 6.12. The van der Waals surface area contributed by atoms with Crippen molar-refractivity contribution in [3.8, 4) is 45.8 Å². The molecule has 0 radical (unpaired) electrons. The Morgan fingerprint density at radius 1 is 0.500 bits per heavy atom. The molecule has 0 bridgehead atoms. The fraction of sp³-hybridized carbons (Fsp3) is 0. The Labute approximate surface area is 288 Å². The molecular formula is C45H25N5. The van der Waals surface area contributed by atoms with Crippen molar-refractivity contribution >= 4 is 49.3 Å². The SMILES string of the molecule is [C-]#[N+]c1cccc(-c2ccc(-c3ccc(-n4c5ccccc5c5c(C#N)cccc54)cc3)cc2)c1-n1c2ccccc2c2cc(C#N)ccc21. The topological polar surface area (TPSA) is 61.8 Å². The molecule has 9 aromatic rings. The minimum Gasteiger partial charge on any atom is -0.318 e. The maximum absolute atomic E-state index is 9.84. The molecule has 5 heteroatoms. The summed E-state index contributed by atoms with van der Waals surface area (Å²) >= 11 is 0. The van der Waals surface area contributed by atoms with Gasteiger partial charge in [-0.25, -0.2) is 4.85 Å². The van der Waals surface area contributed by atoms with Crippen molar-refractivity contribution in [2.24, 2.45) is 0 Å². The van der Waals surface area contributed by atoms with Gasteiger partial charge in [0.15, 0.2) is 0 Å².